The number of alkyl halides is 3. The van der Waals surface area contributed by atoms with E-state index in [9.17, 15) is 28.3 Å². The molecule has 5 nitrogen and oxygen atoms in total. The minimum absolute atomic E-state index is 0.0902. The molecule has 0 spiro atoms. The molecule has 0 saturated heterocycles. The van der Waals surface area contributed by atoms with E-state index in [1.807, 2.05) is 0 Å². The van der Waals surface area contributed by atoms with Crippen molar-refractivity contribution in [3.63, 3.8) is 0 Å². The summed E-state index contributed by atoms with van der Waals surface area (Å²) in [5.74, 6) is -0.872. The molecule has 0 radical (unpaired) electrons. The van der Waals surface area contributed by atoms with Gasteiger partial charge >= 0.3 is 6.18 Å². The number of nitrogens with one attached hydrogen (secondary N) is 1. The van der Waals surface area contributed by atoms with Gasteiger partial charge in [-0.05, 0) is 55.5 Å². The van der Waals surface area contributed by atoms with Crippen LogP contribution in [0.5, 0.6) is 5.75 Å². The fourth-order valence-electron chi connectivity index (χ4n) is 4.71. The van der Waals surface area contributed by atoms with Crippen molar-refractivity contribution in [1.29, 1.82) is 0 Å². The van der Waals surface area contributed by atoms with Crippen molar-refractivity contribution in [2.75, 3.05) is 11.9 Å². The molecule has 32 heavy (non-hydrogen) atoms. The lowest BCUT2D eigenvalue weighted by molar-refractivity contribution is -0.452. The lowest BCUT2D eigenvalue weighted by Gasteiger charge is -2.46. The lowest BCUT2D eigenvalue weighted by Crippen LogP contribution is -2.55. The van der Waals surface area contributed by atoms with E-state index in [2.05, 4.69) is 5.32 Å². The number of nitroso groups, excluding NO2 is 1. The zero-order valence-electron chi connectivity index (χ0n) is 17.5. The van der Waals surface area contributed by atoms with E-state index >= 15 is 0 Å². The fraction of sp³-hybridized carbons (Fsp3) is 0.391. The Morgan fingerprint density at radius 2 is 2.06 bits per heavy atom. The van der Waals surface area contributed by atoms with Gasteiger partial charge in [0.05, 0.1) is 11.6 Å². The molecule has 4 rings (SSSR count). The van der Waals surface area contributed by atoms with Crippen LogP contribution >= 0.6 is 11.6 Å². The minimum Gasteiger partial charge on any atom is -0.507 e. The van der Waals surface area contributed by atoms with Gasteiger partial charge < -0.3 is 15.5 Å². The molecule has 1 heterocycles. The van der Waals surface area contributed by atoms with E-state index in [-0.39, 0.29) is 28.6 Å². The molecule has 2 aromatic rings. The highest BCUT2D eigenvalue weighted by atomic mass is 35.5. The average Bonchev–Trinajstić information content (AvgIpc) is 2.73. The number of phenolic OH excluding ortho intramolecular Hbond substituents is 1. The largest absolute Gasteiger partial charge is 0.507 e. The first-order valence-corrected chi connectivity index (χ1v) is 10.7. The topological polar surface area (TPSA) is 72.6 Å². The number of aliphatic hydroxyl groups is 1. The van der Waals surface area contributed by atoms with Gasteiger partial charge in [0.1, 0.15) is 5.75 Å². The van der Waals surface area contributed by atoms with E-state index < -0.39 is 30.2 Å². The minimum atomic E-state index is -4.96. The van der Waals surface area contributed by atoms with Crippen LogP contribution in [0.3, 0.4) is 0 Å². The second-order valence-corrected chi connectivity index (χ2v) is 8.75. The Morgan fingerprint density at radius 3 is 2.72 bits per heavy atom. The first-order valence-electron chi connectivity index (χ1n) is 10.3. The van der Waals surface area contributed by atoms with E-state index in [1.165, 1.54) is 6.07 Å². The molecule has 2 aliphatic rings. The second-order valence-electron chi connectivity index (χ2n) is 8.35. The number of phenols is 1. The first kappa shape index (κ1) is 22.6. The van der Waals surface area contributed by atoms with Gasteiger partial charge in [-0.3, -0.25) is 0 Å². The maximum absolute atomic E-state index is 14.3. The molecule has 0 saturated carbocycles. The summed E-state index contributed by atoms with van der Waals surface area (Å²) in [5.41, 5.74) is -1.28. The van der Waals surface area contributed by atoms with Gasteiger partial charge in [-0.1, -0.05) is 24.6 Å². The van der Waals surface area contributed by atoms with Gasteiger partial charge in [0.2, 0.25) is 6.54 Å². The molecule has 0 fully saturated rings. The third-order valence-electron chi connectivity index (χ3n) is 6.51. The highest BCUT2D eigenvalue weighted by Crippen LogP contribution is 2.56. The number of hydrogen-bond donors (Lipinski definition) is 3. The van der Waals surface area contributed by atoms with Gasteiger partial charge in [0, 0.05) is 37.6 Å². The summed E-state index contributed by atoms with van der Waals surface area (Å²) in [6, 6.07) is 4.44. The van der Waals surface area contributed by atoms with Crippen molar-refractivity contribution in [2.45, 2.75) is 50.4 Å². The van der Waals surface area contributed by atoms with Crippen molar-refractivity contribution in [2.24, 2.45) is 0 Å². The molecule has 3 atom stereocenters. The van der Waals surface area contributed by atoms with Crippen LogP contribution in [0, 0.1) is 11.8 Å². The summed E-state index contributed by atoms with van der Waals surface area (Å²) in [5, 5.41) is 24.8. The molecule has 9 heteroatoms. The predicted octanol–water partition coefficient (Wildman–Crippen LogP) is 6.14. The molecule has 1 aliphatic carbocycles. The normalized spacial score (nSPS) is 24.8. The molecule has 0 bridgehead atoms. The summed E-state index contributed by atoms with van der Waals surface area (Å²) < 4.78 is 43.7. The summed E-state index contributed by atoms with van der Waals surface area (Å²) >= 11 is 6.24. The van der Waals surface area contributed by atoms with Crippen LogP contribution in [-0.2, 0) is 0 Å². The Kier molecular flexibility index (Phi) is 5.49. The number of aromatic hydroxyl groups is 1. The Morgan fingerprint density at radius 1 is 1.34 bits per heavy atom. The molecule has 1 aliphatic heterocycles. The molecule has 0 amide bonds. The summed E-state index contributed by atoms with van der Waals surface area (Å²) in [6.07, 6.45) is -2.01. The van der Waals surface area contributed by atoms with Gasteiger partial charge in [0.25, 0.3) is 5.69 Å². The van der Waals surface area contributed by atoms with E-state index in [1.54, 1.807) is 44.2 Å². The van der Waals surface area contributed by atoms with Crippen molar-refractivity contribution >= 4 is 29.1 Å². The SMILES string of the molecule is CC[C@@H]1C[C@](O)(C(F)(F)F)[C@@H](Nc2cccc3c2C=CC[N+]3=O)c2cc(Cl)c(C)c(O)c21. The van der Waals surface area contributed by atoms with Crippen molar-refractivity contribution in [3.8, 4) is 5.75 Å². The van der Waals surface area contributed by atoms with Crippen LogP contribution < -0.4 is 5.32 Å². The first-order chi connectivity index (χ1) is 15.0. The Labute approximate surface area is 188 Å². The number of halogens is 4. The van der Waals surface area contributed by atoms with Gasteiger partial charge in [0.15, 0.2) is 5.60 Å². The Balaban J connectivity index is 1.94. The molecule has 170 valence electrons. The molecule has 2 aromatic carbocycles. The third kappa shape index (κ3) is 3.36. The highest BCUT2D eigenvalue weighted by molar-refractivity contribution is 6.31. The summed E-state index contributed by atoms with van der Waals surface area (Å²) in [6.45, 7) is 3.44. The number of hydrogen-bond acceptors (Lipinski definition) is 4. The third-order valence-corrected chi connectivity index (χ3v) is 6.90. The van der Waals surface area contributed by atoms with Crippen LogP contribution in [-0.4, -0.2) is 33.3 Å². The number of benzene rings is 2. The quantitative estimate of drug-likeness (QED) is 0.474. The van der Waals surface area contributed by atoms with E-state index in [0.29, 0.717) is 28.8 Å². The lowest BCUT2D eigenvalue weighted by atomic mass is 9.68. The number of rotatable bonds is 3. The van der Waals surface area contributed by atoms with Crippen LogP contribution in [0.25, 0.3) is 6.08 Å². The fourth-order valence-corrected chi connectivity index (χ4v) is 4.92. The van der Waals surface area contributed by atoms with E-state index in [0.717, 1.165) is 4.76 Å². The van der Waals surface area contributed by atoms with Gasteiger partial charge in [-0.2, -0.15) is 13.2 Å². The molecule has 0 unspecified atom stereocenters. The highest BCUT2D eigenvalue weighted by Gasteiger charge is 2.62. The van der Waals surface area contributed by atoms with Crippen molar-refractivity contribution in [1.82, 2.24) is 0 Å². The predicted molar refractivity (Wildman–Crippen MR) is 117 cm³/mol. The zero-order valence-corrected chi connectivity index (χ0v) is 18.3. The van der Waals surface area contributed by atoms with Crippen LogP contribution in [0.2, 0.25) is 5.02 Å². The number of anilines is 1. The molecule has 3 N–H and O–H groups in total. The molecule has 0 aromatic heterocycles. The van der Waals surface area contributed by atoms with E-state index in [4.69, 9.17) is 11.6 Å². The summed E-state index contributed by atoms with van der Waals surface area (Å²) in [7, 11) is 0. The maximum atomic E-state index is 14.3. The number of nitrogens with zero attached hydrogens (tertiary/aromatic N) is 1. The van der Waals surface area contributed by atoms with Crippen LogP contribution in [0.4, 0.5) is 24.5 Å². The van der Waals surface area contributed by atoms with Crippen molar-refractivity contribution < 1.29 is 28.1 Å². The second kappa shape index (κ2) is 7.78. The molecular formula is C23H23ClF3N2O3+. The molecular weight excluding hydrogens is 445 g/mol. The van der Waals surface area contributed by atoms with Crippen molar-refractivity contribution in [3.05, 3.63) is 62.5 Å². The monoisotopic (exact) mass is 467 g/mol. The van der Waals surface area contributed by atoms with Gasteiger partial charge in [-0.15, -0.1) is 0 Å². The Bertz CT molecular complexity index is 1130. The summed E-state index contributed by atoms with van der Waals surface area (Å²) in [4.78, 5) is 12.2. The Hall–Kier alpha value is -2.58. The standard InChI is InChI=1S/C23H22ClF3N2O3/c1-3-13-11-22(31,23(25,26)27)21(15-10-16(24)12(2)20(30)19(13)15)28-17-7-4-8-18-14(17)6-5-9-29(18)32/h4-8,10,13,21,28,31H,3,9,11H2,1-2H3/p+1/t13-,21+,22-/m1/s1. The maximum Gasteiger partial charge on any atom is 0.419 e. The van der Waals surface area contributed by atoms with Crippen LogP contribution in [0.1, 0.15) is 54.0 Å². The average molecular weight is 468 g/mol. The smallest absolute Gasteiger partial charge is 0.419 e. The number of fused-ring (bicyclic) bond motifs is 2. The van der Waals surface area contributed by atoms with Gasteiger partial charge in [-0.25, -0.2) is 0 Å². The zero-order chi connectivity index (χ0) is 23.4. The van der Waals surface area contributed by atoms with Crippen LogP contribution in [0.15, 0.2) is 30.3 Å².